The van der Waals surface area contributed by atoms with Crippen LogP contribution in [0.25, 0.3) is 0 Å². The molecule has 104 valence electrons. The zero-order valence-electron chi connectivity index (χ0n) is 11.1. The summed E-state index contributed by atoms with van der Waals surface area (Å²) in [4.78, 5) is 4.53. The molecule has 2 N–H and O–H groups in total. The van der Waals surface area contributed by atoms with Gasteiger partial charge in [-0.05, 0) is 43.2 Å². The van der Waals surface area contributed by atoms with Crippen molar-refractivity contribution in [2.75, 3.05) is 0 Å². The van der Waals surface area contributed by atoms with Gasteiger partial charge in [0.1, 0.15) is 0 Å². The highest BCUT2D eigenvalue weighted by Gasteiger charge is 2.46. The van der Waals surface area contributed by atoms with Crippen molar-refractivity contribution in [3.05, 3.63) is 46.6 Å². The Labute approximate surface area is 122 Å². The van der Waals surface area contributed by atoms with E-state index >= 15 is 0 Å². The fourth-order valence-corrected chi connectivity index (χ4v) is 3.23. The van der Waals surface area contributed by atoms with Crippen LogP contribution in [-0.4, -0.2) is 10.1 Å². The molecule has 2 saturated carbocycles. The van der Waals surface area contributed by atoms with E-state index in [4.69, 9.17) is 21.9 Å². The molecule has 4 nitrogen and oxygen atoms in total. The molecule has 1 aromatic heterocycles. The van der Waals surface area contributed by atoms with Gasteiger partial charge in [-0.25, -0.2) is 0 Å². The summed E-state index contributed by atoms with van der Waals surface area (Å²) in [5.41, 5.74) is 7.04. The van der Waals surface area contributed by atoms with Crippen molar-refractivity contribution in [2.24, 2.45) is 5.73 Å². The average Bonchev–Trinajstić information content (AvgIpc) is 3.05. The van der Waals surface area contributed by atoms with Crippen molar-refractivity contribution in [1.82, 2.24) is 10.1 Å². The Balaban J connectivity index is 1.55. The third kappa shape index (κ3) is 1.86. The van der Waals surface area contributed by atoms with Crippen LogP contribution >= 0.6 is 11.6 Å². The summed E-state index contributed by atoms with van der Waals surface area (Å²) in [6.07, 6.45) is 4.06. The van der Waals surface area contributed by atoms with Crippen LogP contribution in [-0.2, 0) is 5.54 Å². The summed E-state index contributed by atoms with van der Waals surface area (Å²) in [6.45, 7) is 0. The predicted molar refractivity (Wildman–Crippen MR) is 75.6 cm³/mol. The van der Waals surface area contributed by atoms with Crippen LogP contribution in [0.5, 0.6) is 0 Å². The largest absolute Gasteiger partial charge is 0.339 e. The van der Waals surface area contributed by atoms with E-state index in [1.165, 1.54) is 5.56 Å². The topological polar surface area (TPSA) is 64.9 Å². The summed E-state index contributed by atoms with van der Waals surface area (Å²) in [7, 11) is 0. The van der Waals surface area contributed by atoms with Gasteiger partial charge in [0.15, 0.2) is 5.82 Å². The molecular weight excluding hydrogens is 274 g/mol. The first-order valence-corrected chi connectivity index (χ1v) is 7.42. The second kappa shape index (κ2) is 4.30. The van der Waals surface area contributed by atoms with Crippen LogP contribution in [0.2, 0.25) is 5.02 Å². The number of nitrogens with two attached hydrogens (primary N) is 1. The average molecular weight is 290 g/mol. The quantitative estimate of drug-likeness (QED) is 0.941. The lowest BCUT2D eigenvalue weighted by atomic mass is 9.77. The maximum Gasteiger partial charge on any atom is 0.230 e. The summed E-state index contributed by atoms with van der Waals surface area (Å²) >= 11 is 6.23. The minimum atomic E-state index is -0.351. The van der Waals surface area contributed by atoms with Crippen molar-refractivity contribution in [1.29, 1.82) is 0 Å². The molecule has 2 fully saturated rings. The second-order valence-electron chi connectivity index (χ2n) is 5.94. The lowest BCUT2D eigenvalue weighted by molar-refractivity contribution is 0.229. The van der Waals surface area contributed by atoms with Crippen LogP contribution in [0.4, 0.5) is 0 Å². The predicted octanol–water partition coefficient (Wildman–Crippen LogP) is 3.33. The van der Waals surface area contributed by atoms with Crippen LogP contribution in [0, 0.1) is 0 Å². The summed E-state index contributed by atoms with van der Waals surface area (Å²) in [5.74, 6) is 2.07. The zero-order chi connectivity index (χ0) is 13.7. The van der Waals surface area contributed by atoms with Crippen molar-refractivity contribution < 1.29 is 4.52 Å². The highest BCUT2D eigenvalue weighted by atomic mass is 35.5. The number of nitrogens with zero attached hydrogens (tertiary/aromatic N) is 2. The molecule has 0 bridgehead atoms. The number of aromatic nitrogens is 2. The molecule has 4 rings (SSSR count). The molecule has 0 radical (unpaired) electrons. The van der Waals surface area contributed by atoms with Gasteiger partial charge < -0.3 is 10.3 Å². The molecule has 0 amide bonds. The third-order valence-corrected chi connectivity index (χ3v) is 4.89. The van der Waals surface area contributed by atoms with E-state index in [-0.39, 0.29) is 5.54 Å². The standard InChI is InChI=1S/C15H16ClN3O/c16-12-5-2-1-4-9(12)10-8-11(10)13-18-14(19-20-13)15(17)6-3-7-15/h1-2,4-5,10-11H,3,6-8,17H2. The molecule has 20 heavy (non-hydrogen) atoms. The Morgan fingerprint density at radius 3 is 2.75 bits per heavy atom. The van der Waals surface area contributed by atoms with Crippen molar-refractivity contribution in [3.8, 4) is 0 Å². The van der Waals surface area contributed by atoms with E-state index in [0.29, 0.717) is 23.6 Å². The van der Waals surface area contributed by atoms with Gasteiger partial charge in [-0.3, -0.25) is 0 Å². The minimum Gasteiger partial charge on any atom is -0.339 e. The van der Waals surface area contributed by atoms with E-state index in [9.17, 15) is 0 Å². The molecule has 0 spiro atoms. The Morgan fingerprint density at radius 2 is 2.05 bits per heavy atom. The zero-order valence-corrected chi connectivity index (χ0v) is 11.8. The molecule has 1 heterocycles. The monoisotopic (exact) mass is 289 g/mol. The van der Waals surface area contributed by atoms with E-state index in [0.717, 1.165) is 30.7 Å². The molecule has 2 aliphatic rings. The van der Waals surface area contributed by atoms with Gasteiger partial charge in [-0.1, -0.05) is 35.0 Å². The first-order chi connectivity index (χ1) is 9.67. The van der Waals surface area contributed by atoms with Crippen molar-refractivity contribution >= 4 is 11.6 Å². The molecule has 2 atom stereocenters. The van der Waals surface area contributed by atoms with Crippen molar-refractivity contribution in [3.63, 3.8) is 0 Å². The maximum atomic E-state index is 6.23. The lowest BCUT2D eigenvalue weighted by Gasteiger charge is -2.34. The molecule has 5 heteroatoms. The van der Waals surface area contributed by atoms with Crippen LogP contribution in [0.15, 0.2) is 28.8 Å². The van der Waals surface area contributed by atoms with Gasteiger partial charge in [0.05, 0.1) is 5.54 Å². The molecule has 0 aliphatic heterocycles. The van der Waals surface area contributed by atoms with Gasteiger partial charge in [0.2, 0.25) is 5.89 Å². The molecule has 2 aliphatic carbocycles. The number of hydrogen-bond acceptors (Lipinski definition) is 4. The van der Waals surface area contributed by atoms with Gasteiger partial charge in [-0.15, -0.1) is 0 Å². The van der Waals surface area contributed by atoms with E-state index in [1.807, 2.05) is 18.2 Å². The molecular formula is C15H16ClN3O. The summed E-state index contributed by atoms with van der Waals surface area (Å²) in [5, 5.41) is 4.89. The Morgan fingerprint density at radius 1 is 1.25 bits per heavy atom. The first-order valence-electron chi connectivity index (χ1n) is 7.05. The molecule has 1 aromatic carbocycles. The van der Waals surface area contributed by atoms with E-state index in [1.54, 1.807) is 0 Å². The summed E-state index contributed by atoms with van der Waals surface area (Å²) < 4.78 is 5.42. The fourth-order valence-electron chi connectivity index (χ4n) is 2.96. The van der Waals surface area contributed by atoms with Crippen LogP contribution in [0.1, 0.15) is 54.8 Å². The number of halogens is 1. The minimum absolute atomic E-state index is 0.292. The van der Waals surface area contributed by atoms with Gasteiger partial charge in [-0.2, -0.15) is 4.98 Å². The highest BCUT2D eigenvalue weighted by molar-refractivity contribution is 6.31. The second-order valence-corrected chi connectivity index (χ2v) is 6.34. The Kier molecular flexibility index (Phi) is 2.66. The van der Waals surface area contributed by atoms with Gasteiger partial charge in [0, 0.05) is 10.9 Å². The number of benzene rings is 1. The smallest absolute Gasteiger partial charge is 0.230 e. The van der Waals surface area contributed by atoms with Gasteiger partial charge in [0.25, 0.3) is 0 Å². The Hall–Kier alpha value is -1.39. The highest BCUT2D eigenvalue weighted by Crippen LogP contribution is 2.55. The fraction of sp³-hybridized carbons (Fsp3) is 0.467. The SMILES string of the molecule is NC1(c2noc(C3CC3c3ccccc3Cl)n2)CCC1. The number of rotatable bonds is 3. The Bertz CT molecular complexity index is 650. The maximum absolute atomic E-state index is 6.23. The summed E-state index contributed by atoms with van der Waals surface area (Å²) in [6, 6.07) is 7.96. The molecule has 0 saturated heterocycles. The van der Waals surface area contributed by atoms with E-state index < -0.39 is 0 Å². The van der Waals surface area contributed by atoms with Crippen LogP contribution < -0.4 is 5.73 Å². The van der Waals surface area contributed by atoms with Crippen molar-refractivity contribution in [2.45, 2.75) is 43.1 Å². The molecule has 2 aromatic rings. The first kappa shape index (κ1) is 12.4. The number of hydrogen-bond donors (Lipinski definition) is 1. The normalized spacial score (nSPS) is 27.1. The van der Waals surface area contributed by atoms with Crippen LogP contribution in [0.3, 0.4) is 0 Å². The third-order valence-electron chi connectivity index (χ3n) is 4.55. The molecule has 2 unspecified atom stereocenters. The lowest BCUT2D eigenvalue weighted by Crippen LogP contribution is -2.44. The van der Waals surface area contributed by atoms with E-state index in [2.05, 4.69) is 16.2 Å². The van der Waals surface area contributed by atoms with Gasteiger partial charge >= 0.3 is 0 Å².